The van der Waals surface area contributed by atoms with Crippen LogP contribution >= 0.6 is 0 Å². The zero-order valence-electron chi connectivity index (χ0n) is 19.4. The Morgan fingerprint density at radius 3 is 2.41 bits per heavy atom. The number of benzene rings is 2. The Bertz CT molecular complexity index is 1110. The summed E-state index contributed by atoms with van der Waals surface area (Å²) in [5.74, 6) is 0.897. The van der Waals surface area contributed by atoms with Crippen molar-refractivity contribution in [3.8, 4) is 0 Å². The van der Waals surface area contributed by atoms with E-state index in [1.807, 2.05) is 41.1 Å². The number of Topliss-reactive ketones (excluding diaryl/α,β-unsaturated/α-hetero) is 1. The minimum absolute atomic E-state index is 0.0680. The fourth-order valence-corrected chi connectivity index (χ4v) is 4.69. The zero-order chi connectivity index (χ0) is 22.9. The number of nitrogens with zero attached hydrogens (tertiary/aromatic N) is 2. The molecule has 2 heterocycles. The number of hydrogen-bond acceptors (Lipinski definition) is 4. The van der Waals surface area contributed by atoms with Crippen molar-refractivity contribution in [3.05, 3.63) is 83.6 Å². The summed E-state index contributed by atoms with van der Waals surface area (Å²) in [6.07, 6.45) is 3.12. The van der Waals surface area contributed by atoms with Gasteiger partial charge in [-0.3, -0.25) is 4.79 Å². The second kappa shape index (κ2) is 8.38. The fraction of sp³-hybridized carbons (Fsp3) is 0.370. The van der Waals surface area contributed by atoms with E-state index in [1.54, 1.807) is 6.20 Å². The molecule has 2 aromatic carbocycles. The van der Waals surface area contributed by atoms with Crippen LogP contribution < -0.4 is 5.32 Å². The first-order valence-electron chi connectivity index (χ1n) is 11.2. The summed E-state index contributed by atoms with van der Waals surface area (Å²) in [5.41, 5.74) is 2.92. The second-order valence-electron chi connectivity index (χ2n) is 10.1. The highest BCUT2D eigenvalue weighted by atomic mass is 16.1. The van der Waals surface area contributed by atoms with Crippen LogP contribution in [-0.2, 0) is 15.7 Å². The summed E-state index contributed by atoms with van der Waals surface area (Å²) >= 11 is 0. The number of rotatable bonds is 7. The van der Waals surface area contributed by atoms with Gasteiger partial charge in [-0.25, -0.2) is 4.68 Å². The van der Waals surface area contributed by atoms with Crippen LogP contribution in [0.2, 0.25) is 0 Å². The Hall–Kier alpha value is -3.21. The molecule has 1 unspecified atom stereocenters. The van der Waals surface area contributed by atoms with Crippen molar-refractivity contribution in [1.29, 1.82) is 5.41 Å². The molecule has 0 bridgehead atoms. The lowest BCUT2D eigenvalue weighted by Crippen LogP contribution is -2.38. The molecule has 4 rings (SSSR count). The summed E-state index contributed by atoms with van der Waals surface area (Å²) < 4.78 is 1.97. The van der Waals surface area contributed by atoms with E-state index < -0.39 is 0 Å². The van der Waals surface area contributed by atoms with E-state index in [-0.39, 0.29) is 29.2 Å². The molecule has 2 N–H and O–H groups in total. The molecular weight excluding hydrogens is 396 g/mol. The van der Waals surface area contributed by atoms with Crippen molar-refractivity contribution >= 4 is 17.3 Å². The molecule has 5 heteroatoms. The van der Waals surface area contributed by atoms with Gasteiger partial charge in [0, 0.05) is 12.8 Å². The zero-order valence-corrected chi connectivity index (χ0v) is 19.4. The first-order valence-corrected chi connectivity index (χ1v) is 11.2. The number of hydrogen-bond donors (Lipinski definition) is 2. The third-order valence-electron chi connectivity index (χ3n) is 6.45. The second-order valence-corrected chi connectivity index (χ2v) is 10.1. The summed E-state index contributed by atoms with van der Waals surface area (Å²) in [6, 6.07) is 20.6. The fourth-order valence-electron chi connectivity index (χ4n) is 4.69. The van der Waals surface area contributed by atoms with Gasteiger partial charge in [-0.2, -0.15) is 5.10 Å². The number of nitrogens with one attached hydrogen (secondary N) is 2. The Labute approximate surface area is 190 Å². The molecule has 0 radical (unpaired) electrons. The van der Waals surface area contributed by atoms with Gasteiger partial charge in [0.1, 0.15) is 11.6 Å². The maximum absolute atomic E-state index is 12.9. The van der Waals surface area contributed by atoms with E-state index in [2.05, 4.69) is 62.4 Å². The first kappa shape index (κ1) is 22.0. The molecule has 0 amide bonds. The third-order valence-corrected chi connectivity index (χ3v) is 6.45. The van der Waals surface area contributed by atoms with Gasteiger partial charge in [-0.05, 0) is 36.8 Å². The molecule has 166 valence electrons. The molecule has 1 aliphatic heterocycles. The number of aromatic nitrogens is 2. The number of carbonyl (C=O) groups is 1. The monoisotopic (exact) mass is 428 g/mol. The molecule has 0 fully saturated rings. The van der Waals surface area contributed by atoms with Crippen LogP contribution in [0.1, 0.15) is 69.7 Å². The minimum Gasteiger partial charge on any atom is -0.363 e. The number of ketones is 1. The highest BCUT2D eigenvalue weighted by Crippen LogP contribution is 2.40. The van der Waals surface area contributed by atoms with Crippen LogP contribution in [0.25, 0.3) is 0 Å². The van der Waals surface area contributed by atoms with E-state index in [0.29, 0.717) is 17.7 Å². The molecule has 32 heavy (non-hydrogen) atoms. The van der Waals surface area contributed by atoms with Gasteiger partial charge in [0.25, 0.3) is 0 Å². The molecule has 3 aromatic rings. The largest absolute Gasteiger partial charge is 0.363 e. The van der Waals surface area contributed by atoms with Gasteiger partial charge in [0.05, 0.1) is 29.1 Å². The average molecular weight is 429 g/mol. The molecule has 1 aromatic heterocycles. The minimum atomic E-state index is -0.268. The quantitative estimate of drug-likeness (QED) is 0.462. The summed E-state index contributed by atoms with van der Waals surface area (Å²) in [7, 11) is 0. The molecule has 0 aliphatic carbocycles. The predicted octanol–water partition coefficient (Wildman–Crippen LogP) is 5.87. The highest BCUT2D eigenvalue weighted by Gasteiger charge is 2.36. The average Bonchev–Trinajstić information content (AvgIpc) is 3.19. The van der Waals surface area contributed by atoms with Gasteiger partial charge in [-0.1, -0.05) is 74.5 Å². The molecular formula is C27H32N4O. The molecule has 1 aliphatic rings. The number of fused-ring (bicyclic) bond motifs is 1. The van der Waals surface area contributed by atoms with Crippen molar-refractivity contribution in [2.75, 3.05) is 5.32 Å². The van der Waals surface area contributed by atoms with E-state index in [1.165, 1.54) is 5.56 Å². The van der Waals surface area contributed by atoms with E-state index in [0.717, 1.165) is 17.8 Å². The summed E-state index contributed by atoms with van der Waals surface area (Å²) in [5, 5.41) is 16.9. The van der Waals surface area contributed by atoms with Crippen molar-refractivity contribution in [3.63, 3.8) is 0 Å². The van der Waals surface area contributed by atoms with Crippen molar-refractivity contribution < 1.29 is 4.79 Å². The van der Waals surface area contributed by atoms with Crippen molar-refractivity contribution in [1.82, 2.24) is 9.78 Å². The van der Waals surface area contributed by atoms with Gasteiger partial charge in [-0.15, -0.1) is 0 Å². The van der Waals surface area contributed by atoms with Crippen LogP contribution in [0.3, 0.4) is 0 Å². The normalized spacial score (nSPS) is 17.3. The maximum Gasteiger partial charge on any atom is 0.139 e. The van der Waals surface area contributed by atoms with Gasteiger partial charge in [0.15, 0.2) is 0 Å². The lowest BCUT2D eigenvalue weighted by Gasteiger charge is -2.38. The van der Waals surface area contributed by atoms with Crippen molar-refractivity contribution in [2.24, 2.45) is 0 Å². The Morgan fingerprint density at radius 2 is 1.75 bits per heavy atom. The van der Waals surface area contributed by atoms with Crippen LogP contribution in [0.4, 0.5) is 5.82 Å². The SMILES string of the molecule is CC(C)(CC(=O)CC(=N)c1cnn2c1NC(c1ccccc1)CC2(C)C)c1ccccc1. The molecule has 0 spiro atoms. The van der Waals surface area contributed by atoms with E-state index in [9.17, 15) is 4.79 Å². The van der Waals surface area contributed by atoms with Gasteiger partial charge < -0.3 is 10.7 Å². The standard InChI is InChI=1S/C27H32N4O/c1-26(2,20-13-9-6-10-14-20)16-21(32)15-23(28)22-18-29-31-25(22)30-24(17-27(31,3)4)19-11-7-5-8-12-19/h5-14,18,24,28,30H,15-17H2,1-4H3. The van der Waals surface area contributed by atoms with Crippen LogP contribution in [0.5, 0.6) is 0 Å². The van der Waals surface area contributed by atoms with Crippen LogP contribution in [-0.4, -0.2) is 21.3 Å². The van der Waals surface area contributed by atoms with Crippen LogP contribution in [0, 0.1) is 5.41 Å². The van der Waals surface area contributed by atoms with Crippen molar-refractivity contribution in [2.45, 2.75) is 64.0 Å². The number of anilines is 1. The third kappa shape index (κ3) is 4.38. The summed E-state index contributed by atoms with van der Waals surface area (Å²) in [4.78, 5) is 12.9. The maximum atomic E-state index is 12.9. The smallest absolute Gasteiger partial charge is 0.139 e. The molecule has 1 atom stereocenters. The molecule has 0 saturated carbocycles. The summed E-state index contributed by atoms with van der Waals surface area (Å²) in [6.45, 7) is 8.50. The molecule has 0 saturated heterocycles. The Kier molecular flexibility index (Phi) is 5.76. The lowest BCUT2D eigenvalue weighted by atomic mass is 9.79. The van der Waals surface area contributed by atoms with Crippen LogP contribution in [0.15, 0.2) is 66.9 Å². The van der Waals surface area contributed by atoms with Gasteiger partial charge in [0.2, 0.25) is 0 Å². The highest BCUT2D eigenvalue weighted by molar-refractivity contribution is 6.12. The predicted molar refractivity (Wildman–Crippen MR) is 130 cm³/mol. The Morgan fingerprint density at radius 1 is 1.12 bits per heavy atom. The lowest BCUT2D eigenvalue weighted by molar-refractivity contribution is -0.118. The van der Waals surface area contributed by atoms with Gasteiger partial charge >= 0.3 is 0 Å². The number of carbonyl (C=O) groups excluding carboxylic acids is 1. The Balaban J connectivity index is 1.52. The first-order chi connectivity index (χ1) is 15.2. The molecule has 5 nitrogen and oxygen atoms in total. The van der Waals surface area contributed by atoms with E-state index >= 15 is 0 Å². The topological polar surface area (TPSA) is 70.8 Å². The van der Waals surface area contributed by atoms with E-state index in [4.69, 9.17) is 5.41 Å².